The molecule has 1 N–H and O–H groups in total. The molecule has 2 heterocycles. The normalized spacial score (nSPS) is 19.9. The molecule has 5 nitrogen and oxygen atoms in total. The number of hydrogen-bond donors (Lipinski definition) is 1. The first-order valence-corrected chi connectivity index (χ1v) is 10.1. The number of carbonyl (C=O) groups is 2. The molecule has 1 aliphatic heterocycles. The molecule has 0 saturated carbocycles. The van der Waals surface area contributed by atoms with Gasteiger partial charge < -0.3 is 14.7 Å². The largest absolute Gasteiger partial charge is 0.477 e. The first kappa shape index (κ1) is 19.6. The number of rotatable bonds is 5. The van der Waals surface area contributed by atoms with Crippen LogP contribution in [0, 0.1) is 5.92 Å². The molecule has 144 valence electrons. The first-order chi connectivity index (χ1) is 12.9. The lowest BCUT2D eigenvalue weighted by Gasteiger charge is -2.33. The molecule has 2 atom stereocenters. The van der Waals surface area contributed by atoms with Crippen LogP contribution in [0.1, 0.15) is 43.3 Å². The summed E-state index contributed by atoms with van der Waals surface area (Å²) in [6.45, 7) is 6.46. The van der Waals surface area contributed by atoms with Crippen LogP contribution in [-0.2, 0) is 9.53 Å². The highest BCUT2D eigenvalue weighted by Gasteiger charge is 2.34. The maximum absolute atomic E-state index is 13.2. The molecule has 1 fully saturated rings. The minimum atomic E-state index is -1.02. The Bertz CT molecular complexity index is 807. The van der Waals surface area contributed by atoms with Crippen LogP contribution in [0.2, 0.25) is 0 Å². The Kier molecular flexibility index (Phi) is 5.97. The Balaban J connectivity index is 1.98. The van der Waals surface area contributed by atoms with E-state index in [4.69, 9.17) is 4.74 Å². The van der Waals surface area contributed by atoms with Crippen LogP contribution in [0.15, 0.2) is 36.4 Å². The third-order valence-electron chi connectivity index (χ3n) is 4.76. The highest BCUT2D eigenvalue weighted by Crippen LogP contribution is 2.38. The van der Waals surface area contributed by atoms with Gasteiger partial charge in [-0.1, -0.05) is 37.3 Å². The number of aromatic carboxylic acids is 1. The van der Waals surface area contributed by atoms with Crippen LogP contribution in [-0.4, -0.2) is 35.7 Å². The Labute approximate surface area is 163 Å². The fraction of sp³-hybridized carbons (Fsp3) is 0.429. The second-order valence-corrected chi connectivity index (χ2v) is 8.35. The van der Waals surface area contributed by atoms with Crippen LogP contribution >= 0.6 is 11.3 Å². The van der Waals surface area contributed by atoms with Gasteiger partial charge in [0.05, 0.1) is 12.3 Å². The van der Waals surface area contributed by atoms with Gasteiger partial charge in [-0.05, 0) is 44.2 Å². The Morgan fingerprint density at radius 2 is 1.93 bits per heavy atom. The maximum Gasteiger partial charge on any atom is 0.348 e. The molecule has 2 aromatic rings. The van der Waals surface area contributed by atoms with E-state index in [2.05, 4.69) is 6.92 Å². The lowest BCUT2D eigenvalue weighted by atomic mass is 9.99. The van der Waals surface area contributed by atoms with Crippen molar-refractivity contribution in [3.05, 3.63) is 41.3 Å². The number of anilines is 1. The average molecular weight is 388 g/mol. The Morgan fingerprint density at radius 3 is 2.48 bits per heavy atom. The van der Waals surface area contributed by atoms with Crippen molar-refractivity contribution < 1.29 is 19.4 Å². The fourth-order valence-corrected chi connectivity index (χ4v) is 4.34. The molecule has 3 rings (SSSR count). The minimum Gasteiger partial charge on any atom is -0.477 e. The van der Waals surface area contributed by atoms with Gasteiger partial charge in [0.1, 0.15) is 11.0 Å². The number of thiophene rings is 1. The molecule has 1 aromatic carbocycles. The molecule has 0 bridgehead atoms. The van der Waals surface area contributed by atoms with Gasteiger partial charge in [-0.15, -0.1) is 11.3 Å². The van der Waals surface area contributed by atoms with E-state index in [0.29, 0.717) is 24.6 Å². The SMILES string of the molecule is CC(C)N(C(=O)[C@H]1CC[C@@H](C)CO1)c1cc(-c2ccccc2)sc1C(=O)O. The Hall–Kier alpha value is -2.18. The fourth-order valence-electron chi connectivity index (χ4n) is 3.34. The van der Waals surface area contributed by atoms with Gasteiger partial charge >= 0.3 is 5.97 Å². The molecule has 6 heteroatoms. The second-order valence-electron chi connectivity index (χ2n) is 7.30. The van der Waals surface area contributed by atoms with Gasteiger partial charge in [0.15, 0.2) is 0 Å². The van der Waals surface area contributed by atoms with E-state index in [1.807, 2.05) is 50.2 Å². The summed E-state index contributed by atoms with van der Waals surface area (Å²) in [6.07, 6.45) is 1.10. The summed E-state index contributed by atoms with van der Waals surface area (Å²) in [5.74, 6) is -0.729. The number of hydrogen-bond acceptors (Lipinski definition) is 4. The number of carboxylic acid groups (broad SMARTS) is 1. The van der Waals surface area contributed by atoms with E-state index < -0.39 is 12.1 Å². The number of nitrogens with zero attached hydrogens (tertiary/aromatic N) is 1. The summed E-state index contributed by atoms with van der Waals surface area (Å²) in [5, 5.41) is 9.72. The van der Waals surface area contributed by atoms with E-state index in [1.54, 1.807) is 4.90 Å². The third kappa shape index (κ3) is 4.22. The quantitative estimate of drug-likeness (QED) is 0.810. The average Bonchev–Trinajstić information content (AvgIpc) is 3.08. The van der Waals surface area contributed by atoms with E-state index >= 15 is 0 Å². The van der Waals surface area contributed by atoms with E-state index in [-0.39, 0.29) is 16.8 Å². The summed E-state index contributed by atoms with van der Waals surface area (Å²) < 4.78 is 5.76. The molecule has 0 aliphatic carbocycles. The second kappa shape index (κ2) is 8.23. The standard InChI is InChI=1S/C21H25NO4S/c1-13(2)22(20(23)17-10-9-14(3)12-26-17)16-11-18(27-19(16)21(24)25)15-7-5-4-6-8-15/h4-8,11,13-14,17H,9-10,12H2,1-3H3,(H,24,25)/t14-,17-/m1/s1. The summed E-state index contributed by atoms with van der Waals surface area (Å²) >= 11 is 1.20. The lowest BCUT2D eigenvalue weighted by Crippen LogP contribution is -2.46. The van der Waals surface area contributed by atoms with Crippen molar-refractivity contribution in [1.29, 1.82) is 0 Å². The van der Waals surface area contributed by atoms with Crippen molar-refractivity contribution in [2.45, 2.75) is 45.8 Å². The molecule has 1 saturated heterocycles. The topological polar surface area (TPSA) is 66.8 Å². The molecule has 1 aliphatic rings. The molecule has 0 spiro atoms. The smallest absolute Gasteiger partial charge is 0.348 e. The van der Waals surface area contributed by atoms with Crippen molar-refractivity contribution in [3.63, 3.8) is 0 Å². The minimum absolute atomic E-state index is 0.156. The van der Waals surface area contributed by atoms with Crippen LogP contribution in [0.3, 0.4) is 0 Å². The maximum atomic E-state index is 13.2. The highest BCUT2D eigenvalue weighted by molar-refractivity contribution is 7.18. The predicted octanol–water partition coefficient (Wildman–Crippen LogP) is 4.67. The summed E-state index contributed by atoms with van der Waals surface area (Å²) in [7, 11) is 0. The number of amides is 1. The summed E-state index contributed by atoms with van der Waals surface area (Å²) in [5.41, 5.74) is 1.39. The molecule has 1 aromatic heterocycles. The van der Waals surface area contributed by atoms with Gasteiger partial charge in [-0.3, -0.25) is 4.79 Å². The third-order valence-corrected chi connectivity index (χ3v) is 5.92. The number of benzene rings is 1. The van der Waals surface area contributed by atoms with E-state index in [9.17, 15) is 14.7 Å². The van der Waals surface area contributed by atoms with E-state index in [1.165, 1.54) is 11.3 Å². The zero-order chi connectivity index (χ0) is 19.6. The molecular weight excluding hydrogens is 362 g/mol. The van der Waals surface area contributed by atoms with Crippen LogP contribution < -0.4 is 4.90 Å². The molecule has 1 amide bonds. The summed E-state index contributed by atoms with van der Waals surface area (Å²) in [4.78, 5) is 27.7. The Morgan fingerprint density at radius 1 is 1.22 bits per heavy atom. The van der Waals surface area contributed by atoms with Crippen molar-refractivity contribution in [2.24, 2.45) is 5.92 Å². The van der Waals surface area contributed by atoms with Crippen LogP contribution in [0.4, 0.5) is 5.69 Å². The molecule has 27 heavy (non-hydrogen) atoms. The number of ether oxygens (including phenoxy) is 1. The highest BCUT2D eigenvalue weighted by atomic mass is 32.1. The van der Waals surface area contributed by atoms with Crippen molar-refractivity contribution >= 4 is 28.9 Å². The molecule has 0 unspecified atom stereocenters. The van der Waals surface area contributed by atoms with Gasteiger partial charge in [0.2, 0.25) is 0 Å². The monoisotopic (exact) mass is 387 g/mol. The first-order valence-electron chi connectivity index (χ1n) is 9.25. The van der Waals surface area contributed by atoms with Crippen LogP contribution in [0.5, 0.6) is 0 Å². The van der Waals surface area contributed by atoms with Crippen molar-refractivity contribution in [2.75, 3.05) is 11.5 Å². The lowest BCUT2D eigenvalue weighted by molar-refractivity contribution is -0.134. The van der Waals surface area contributed by atoms with Crippen molar-refractivity contribution in [1.82, 2.24) is 0 Å². The van der Waals surface area contributed by atoms with Crippen molar-refractivity contribution in [3.8, 4) is 10.4 Å². The van der Waals surface area contributed by atoms with Gasteiger partial charge in [-0.2, -0.15) is 0 Å². The zero-order valence-electron chi connectivity index (χ0n) is 15.8. The zero-order valence-corrected chi connectivity index (χ0v) is 16.7. The number of carboxylic acids is 1. The van der Waals surface area contributed by atoms with Gasteiger partial charge in [0.25, 0.3) is 5.91 Å². The number of carbonyl (C=O) groups excluding carboxylic acids is 1. The summed E-state index contributed by atoms with van der Waals surface area (Å²) in [6, 6.07) is 11.3. The van der Waals surface area contributed by atoms with Gasteiger partial charge in [0, 0.05) is 10.9 Å². The molecular formula is C21H25NO4S. The van der Waals surface area contributed by atoms with Gasteiger partial charge in [-0.25, -0.2) is 4.79 Å². The molecule has 0 radical (unpaired) electrons. The predicted molar refractivity (Wildman–Crippen MR) is 107 cm³/mol. The van der Waals surface area contributed by atoms with Crippen LogP contribution in [0.25, 0.3) is 10.4 Å². The van der Waals surface area contributed by atoms with E-state index in [0.717, 1.165) is 16.9 Å².